The van der Waals surface area contributed by atoms with Crippen LogP contribution in [0.4, 0.5) is 0 Å². The average molecular weight is 138 g/mol. The molecule has 0 spiro atoms. The molecule has 1 aromatic rings. The highest BCUT2D eigenvalue weighted by molar-refractivity contribution is 5.33. The van der Waals surface area contributed by atoms with Crippen LogP contribution in [0.1, 0.15) is 18.8 Å². The maximum Gasteiger partial charge on any atom is 0.235 e. The molecule has 1 heterocycles. The van der Waals surface area contributed by atoms with Crippen LogP contribution in [0, 0.1) is 0 Å². The van der Waals surface area contributed by atoms with Crippen LogP contribution in [0.3, 0.4) is 0 Å². The first-order chi connectivity index (χ1) is 4.84. The zero-order valence-corrected chi connectivity index (χ0v) is 5.40. The van der Waals surface area contributed by atoms with E-state index in [4.69, 9.17) is 0 Å². The number of nitrogens with zero attached hydrogens (tertiary/aromatic N) is 3. The summed E-state index contributed by atoms with van der Waals surface area (Å²) in [5, 5.41) is 6.19. The summed E-state index contributed by atoms with van der Waals surface area (Å²) in [7, 11) is 0. The van der Waals surface area contributed by atoms with Gasteiger partial charge < -0.3 is 0 Å². The lowest BCUT2D eigenvalue weighted by Gasteiger charge is -1.94. The van der Waals surface area contributed by atoms with Gasteiger partial charge in [0.05, 0.1) is 0 Å². The minimum absolute atomic E-state index is 0.278. The molecule has 1 atom stereocenters. The third-order valence-corrected chi connectivity index (χ3v) is 1.08. The molecule has 0 saturated heterocycles. The first-order valence-electron chi connectivity index (χ1n) is 2.77. The average Bonchev–Trinajstić information content (AvgIpc) is 2.38. The Labute approximate surface area is 57.2 Å². The van der Waals surface area contributed by atoms with Crippen molar-refractivity contribution in [1.82, 2.24) is 15.2 Å². The molecule has 10 heavy (non-hydrogen) atoms. The topological polar surface area (TPSA) is 71.0 Å². The molecule has 1 rings (SSSR count). The molecule has 1 aromatic heterocycles. The highest BCUT2D eigenvalue weighted by Gasteiger charge is 2.03. The number of rotatable bonds is 2. The van der Waals surface area contributed by atoms with E-state index in [9.17, 15) is 4.79 Å². The van der Waals surface area contributed by atoms with Crippen LogP contribution in [0.5, 0.6) is 0 Å². The van der Waals surface area contributed by atoms with Crippen molar-refractivity contribution in [2.45, 2.75) is 13.0 Å². The second-order valence-corrected chi connectivity index (χ2v) is 1.77. The van der Waals surface area contributed by atoms with Crippen molar-refractivity contribution in [3.63, 3.8) is 0 Å². The van der Waals surface area contributed by atoms with Crippen LogP contribution < -0.4 is 0 Å². The van der Waals surface area contributed by atoms with E-state index >= 15 is 0 Å². The van der Waals surface area contributed by atoms with Gasteiger partial charge in [0.25, 0.3) is 0 Å². The summed E-state index contributed by atoms with van der Waals surface area (Å²) in [5.41, 5.74) is 0. The van der Waals surface area contributed by atoms with E-state index in [1.165, 1.54) is 12.4 Å². The summed E-state index contributed by atoms with van der Waals surface area (Å²) in [6.45, 7) is 1.73. The molecular formula is C5H6N4O. The monoisotopic (exact) mass is 138 g/mol. The van der Waals surface area contributed by atoms with Gasteiger partial charge in [-0.15, -0.1) is 0 Å². The van der Waals surface area contributed by atoms with Crippen molar-refractivity contribution in [2.75, 3.05) is 0 Å². The summed E-state index contributed by atoms with van der Waals surface area (Å²) in [4.78, 5) is 17.0. The first-order valence-corrected chi connectivity index (χ1v) is 2.77. The molecule has 0 bridgehead atoms. The van der Waals surface area contributed by atoms with E-state index < -0.39 is 0 Å². The van der Waals surface area contributed by atoms with E-state index in [2.05, 4.69) is 20.2 Å². The molecular weight excluding hydrogens is 132 g/mol. The summed E-state index contributed by atoms with van der Waals surface area (Å²) >= 11 is 0. The number of isocyanates is 1. The van der Waals surface area contributed by atoms with Crippen molar-refractivity contribution in [2.24, 2.45) is 4.99 Å². The number of aliphatic imine (C=N–C) groups is 1. The fourth-order valence-corrected chi connectivity index (χ4v) is 0.556. The smallest absolute Gasteiger partial charge is 0.235 e. The Kier molecular flexibility index (Phi) is 1.92. The Morgan fingerprint density at radius 1 is 1.90 bits per heavy atom. The van der Waals surface area contributed by atoms with Gasteiger partial charge in [-0.2, -0.15) is 10.1 Å². The normalized spacial score (nSPS) is 12.1. The first kappa shape index (κ1) is 6.64. The molecule has 52 valence electrons. The van der Waals surface area contributed by atoms with Crippen LogP contribution in [-0.4, -0.2) is 21.3 Å². The van der Waals surface area contributed by atoms with Crippen molar-refractivity contribution < 1.29 is 4.79 Å². The Balaban J connectivity index is 2.76. The molecule has 0 aliphatic carbocycles. The lowest BCUT2D eigenvalue weighted by Crippen LogP contribution is -1.91. The van der Waals surface area contributed by atoms with E-state index in [1.54, 1.807) is 6.92 Å². The minimum atomic E-state index is -0.278. The molecule has 0 saturated carbocycles. The molecule has 0 aromatic carbocycles. The Hall–Kier alpha value is -1.48. The number of hydrogen-bond acceptors (Lipinski definition) is 4. The van der Waals surface area contributed by atoms with Gasteiger partial charge in [0.15, 0.2) is 0 Å². The van der Waals surface area contributed by atoms with E-state index in [1.807, 2.05) is 0 Å². The second-order valence-electron chi connectivity index (χ2n) is 1.77. The number of nitrogens with one attached hydrogen (secondary N) is 1. The number of aromatic nitrogens is 3. The van der Waals surface area contributed by atoms with Gasteiger partial charge in [-0.3, -0.25) is 5.10 Å². The molecule has 1 N–H and O–H groups in total. The van der Waals surface area contributed by atoms with Crippen molar-refractivity contribution in [1.29, 1.82) is 0 Å². The van der Waals surface area contributed by atoms with E-state index in [0.29, 0.717) is 5.82 Å². The third-order valence-electron chi connectivity index (χ3n) is 1.08. The largest absolute Gasteiger partial charge is 0.261 e. The van der Waals surface area contributed by atoms with Crippen molar-refractivity contribution in [3.8, 4) is 0 Å². The van der Waals surface area contributed by atoms with Crippen molar-refractivity contribution in [3.05, 3.63) is 12.2 Å². The van der Waals surface area contributed by atoms with Gasteiger partial charge in [-0.05, 0) is 6.92 Å². The predicted molar refractivity (Wildman–Crippen MR) is 32.9 cm³/mol. The maximum atomic E-state index is 9.76. The van der Waals surface area contributed by atoms with Gasteiger partial charge in [0.1, 0.15) is 18.2 Å². The van der Waals surface area contributed by atoms with Gasteiger partial charge in [-0.25, -0.2) is 9.78 Å². The van der Waals surface area contributed by atoms with Crippen LogP contribution in [0.25, 0.3) is 0 Å². The molecule has 0 radical (unpaired) electrons. The Bertz CT molecular complexity index is 236. The van der Waals surface area contributed by atoms with Gasteiger partial charge >= 0.3 is 0 Å². The molecule has 5 heteroatoms. The molecule has 0 aliphatic rings. The molecule has 0 amide bonds. The second kappa shape index (κ2) is 2.89. The highest BCUT2D eigenvalue weighted by Crippen LogP contribution is 2.07. The number of aromatic amines is 1. The minimum Gasteiger partial charge on any atom is -0.261 e. The number of hydrogen-bond donors (Lipinski definition) is 1. The van der Waals surface area contributed by atoms with E-state index in [-0.39, 0.29) is 6.04 Å². The zero-order valence-electron chi connectivity index (χ0n) is 5.40. The number of carbonyl (C=O) groups excluding carboxylic acids is 1. The maximum absolute atomic E-state index is 9.76. The van der Waals surface area contributed by atoms with Gasteiger partial charge in [0.2, 0.25) is 6.08 Å². The van der Waals surface area contributed by atoms with Crippen molar-refractivity contribution >= 4 is 6.08 Å². The SMILES string of the molecule is CC(N=C=O)c1ncn[nH]1. The number of H-pyrrole nitrogens is 1. The fourth-order valence-electron chi connectivity index (χ4n) is 0.556. The molecule has 0 fully saturated rings. The van der Waals surface area contributed by atoms with Crippen LogP contribution in [0.2, 0.25) is 0 Å². The molecule has 1 unspecified atom stereocenters. The lowest BCUT2D eigenvalue weighted by atomic mass is 10.3. The quantitative estimate of drug-likeness (QED) is 0.468. The Morgan fingerprint density at radius 2 is 2.70 bits per heavy atom. The van der Waals surface area contributed by atoms with Crippen LogP contribution >= 0.6 is 0 Å². The lowest BCUT2D eigenvalue weighted by molar-refractivity contribution is 0.558. The Morgan fingerprint density at radius 3 is 3.20 bits per heavy atom. The fraction of sp³-hybridized carbons (Fsp3) is 0.400. The van der Waals surface area contributed by atoms with E-state index in [0.717, 1.165) is 0 Å². The van der Waals surface area contributed by atoms with Gasteiger partial charge in [-0.1, -0.05) is 0 Å². The summed E-state index contributed by atoms with van der Waals surface area (Å²) in [6.07, 6.45) is 2.81. The molecule has 5 nitrogen and oxygen atoms in total. The summed E-state index contributed by atoms with van der Waals surface area (Å²) in [5.74, 6) is 0.573. The third kappa shape index (κ3) is 1.27. The van der Waals surface area contributed by atoms with Crippen LogP contribution in [0.15, 0.2) is 11.3 Å². The zero-order chi connectivity index (χ0) is 7.40. The van der Waals surface area contributed by atoms with Crippen LogP contribution in [-0.2, 0) is 4.79 Å². The molecule has 0 aliphatic heterocycles. The standard InChI is InChI=1S/C5H6N4O/c1-4(7-3-10)5-6-2-8-9-5/h2,4H,1H3,(H,6,8,9). The highest BCUT2D eigenvalue weighted by atomic mass is 16.1. The summed E-state index contributed by atoms with van der Waals surface area (Å²) in [6, 6.07) is -0.278. The predicted octanol–water partition coefficient (Wildman–Crippen LogP) is 0.202. The van der Waals surface area contributed by atoms with Gasteiger partial charge in [0, 0.05) is 0 Å². The summed E-state index contributed by atoms with van der Waals surface area (Å²) < 4.78 is 0.